The first-order valence-corrected chi connectivity index (χ1v) is 6.01. The number of primary amides is 2. The van der Waals surface area contributed by atoms with E-state index in [-0.39, 0.29) is 5.56 Å². The lowest BCUT2D eigenvalue weighted by atomic mass is 10.1. The summed E-state index contributed by atoms with van der Waals surface area (Å²) >= 11 is 3.20. The first kappa shape index (κ1) is 15.0. The molecule has 102 valence electrons. The summed E-state index contributed by atoms with van der Waals surface area (Å²) in [5.74, 6) is -2.03. The third-order valence-electron chi connectivity index (χ3n) is 2.15. The Kier molecular flexibility index (Phi) is 4.87. The summed E-state index contributed by atoms with van der Waals surface area (Å²) in [4.78, 5) is 34.9. The molecule has 1 aromatic rings. The molecule has 0 heterocycles. The largest absolute Gasteiger partial charge is 0.399 e. The maximum atomic E-state index is 12.2. The van der Waals surface area contributed by atoms with Crippen LogP contribution in [-0.2, 0) is 9.59 Å². The SMILES string of the molecule is NC(=O)CN(CC(N)=O)C(=O)c1cc(N)cc(Br)c1. The molecule has 0 aromatic heterocycles. The Balaban J connectivity index is 3.03. The van der Waals surface area contributed by atoms with Crippen LogP contribution in [0.5, 0.6) is 0 Å². The number of nitrogens with two attached hydrogens (primary N) is 3. The number of halogens is 1. The Labute approximate surface area is 117 Å². The lowest BCUT2D eigenvalue weighted by Gasteiger charge is -2.19. The van der Waals surface area contributed by atoms with Crippen molar-refractivity contribution in [2.24, 2.45) is 11.5 Å². The minimum absolute atomic E-state index is 0.231. The molecule has 0 aliphatic rings. The number of nitrogen functional groups attached to an aromatic ring is 1. The van der Waals surface area contributed by atoms with Gasteiger partial charge in [-0.2, -0.15) is 0 Å². The van der Waals surface area contributed by atoms with Crippen molar-refractivity contribution in [2.45, 2.75) is 0 Å². The van der Waals surface area contributed by atoms with Crippen molar-refractivity contribution >= 4 is 39.3 Å². The van der Waals surface area contributed by atoms with Gasteiger partial charge >= 0.3 is 0 Å². The average molecular weight is 329 g/mol. The number of carbonyl (C=O) groups is 3. The molecule has 0 spiro atoms. The number of nitrogens with zero attached hydrogens (tertiary/aromatic N) is 1. The molecule has 0 aliphatic carbocycles. The van der Waals surface area contributed by atoms with Crippen LogP contribution < -0.4 is 17.2 Å². The maximum Gasteiger partial charge on any atom is 0.254 e. The zero-order valence-electron chi connectivity index (χ0n) is 9.93. The molecule has 0 unspecified atom stereocenters. The summed E-state index contributed by atoms with van der Waals surface area (Å²) in [5, 5.41) is 0. The quantitative estimate of drug-likeness (QED) is 0.625. The van der Waals surface area contributed by atoms with Gasteiger partial charge in [0.25, 0.3) is 5.91 Å². The van der Waals surface area contributed by atoms with Crippen LogP contribution in [0.1, 0.15) is 10.4 Å². The summed E-state index contributed by atoms with van der Waals surface area (Å²) in [7, 11) is 0. The molecule has 19 heavy (non-hydrogen) atoms. The molecule has 0 aliphatic heterocycles. The Bertz CT molecular complexity index is 496. The fraction of sp³-hybridized carbons (Fsp3) is 0.182. The predicted molar refractivity (Wildman–Crippen MR) is 72.8 cm³/mol. The number of rotatable bonds is 5. The first-order valence-electron chi connectivity index (χ1n) is 5.21. The van der Waals surface area contributed by atoms with Gasteiger partial charge in [0.2, 0.25) is 11.8 Å². The molecule has 0 saturated heterocycles. The van der Waals surface area contributed by atoms with Gasteiger partial charge in [-0.15, -0.1) is 0 Å². The standard InChI is InChI=1S/C11H13BrN4O3/c12-7-1-6(2-8(13)3-7)11(19)16(4-9(14)17)5-10(15)18/h1-3H,4-5,13H2,(H2,14,17)(H2,15,18). The van der Waals surface area contributed by atoms with E-state index in [1.165, 1.54) is 12.1 Å². The van der Waals surface area contributed by atoms with E-state index in [1.54, 1.807) is 6.07 Å². The third kappa shape index (κ3) is 4.59. The minimum atomic E-state index is -0.738. The molecule has 6 N–H and O–H groups in total. The van der Waals surface area contributed by atoms with Crippen molar-refractivity contribution in [3.63, 3.8) is 0 Å². The molecule has 0 radical (unpaired) electrons. The highest BCUT2D eigenvalue weighted by atomic mass is 79.9. The lowest BCUT2D eigenvalue weighted by molar-refractivity contribution is -0.121. The molecule has 7 nitrogen and oxygen atoms in total. The molecule has 8 heteroatoms. The summed E-state index contributed by atoms with van der Waals surface area (Å²) in [6, 6.07) is 4.57. The van der Waals surface area contributed by atoms with Gasteiger partial charge in [-0.3, -0.25) is 14.4 Å². The van der Waals surface area contributed by atoms with Gasteiger partial charge in [0, 0.05) is 15.7 Å². The van der Waals surface area contributed by atoms with Crippen molar-refractivity contribution < 1.29 is 14.4 Å². The minimum Gasteiger partial charge on any atom is -0.399 e. The van der Waals surface area contributed by atoms with Crippen LogP contribution in [0.25, 0.3) is 0 Å². The molecular formula is C11H13BrN4O3. The van der Waals surface area contributed by atoms with E-state index >= 15 is 0 Å². The lowest BCUT2D eigenvalue weighted by Crippen LogP contribution is -2.43. The van der Waals surface area contributed by atoms with E-state index in [4.69, 9.17) is 17.2 Å². The van der Waals surface area contributed by atoms with E-state index in [1.807, 2.05) is 0 Å². The zero-order chi connectivity index (χ0) is 14.6. The number of anilines is 1. The summed E-state index contributed by atoms with van der Waals surface area (Å²) < 4.78 is 0.606. The highest BCUT2D eigenvalue weighted by Gasteiger charge is 2.20. The molecular weight excluding hydrogens is 316 g/mol. The smallest absolute Gasteiger partial charge is 0.254 e. The number of hydrogen-bond donors (Lipinski definition) is 3. The molecule has 3 amide bonds. The van der Waals surface area contributed by atoms with Gasteiger partial charge in [0.15, 0.2) is 0 Å². The Morgan fingerprint density at radius 3 is 2.00 bits per heavy atom. The normalized spacial score (nSPS) is 9.95. The highest BCUT2D eigenvalue weighted by molar-refractivity contribution is 9.10. The molecule has 1 rings (SSSR count). The average Bonchev–Trinajstić information content (AvgIpc) is 2.24. The van der Waals surface area contributed by atoms with Crippen molar-refractivity contribution in [1.29, 1.82) is 0 Å². The summed E-state index contributed by atoms with van der Waals surface area (Å²) in [6.07, 6.45) is 0. The number of benzene rings is 1. The van der Waals surface area contributed by atoms with Crippen LogP contribution in [-0.4, -0.2) is 35.7 Å². The Morgan fingerprint density at radius 1 is 1.05 bits per heavy atom. The van der Waals surface area contributed by atoms with Crippen LogP contribution in [0.2, 0.25) is 0 Å². The Morgan fingerprint density at radius 2 is 1.58 bits per heavy atom. The molecule has 0 fully saturated rings. The number of hydrogen-bond acceptors (Lipinski definition) is 4. The van der Waals surface area contributed by atoms with Gasteiger partial charge in [0.1, 0.15) is 13.1 Å². The second-order valence-electron chi connectivity index (χ2n) is 3.87. The number of carbonyl (C=O) groups excluding carboxylic acids is 3. The summed E-state index contributed by atoms with van der Waals surface area (Å²) in [5.41, 5.74) is 16.3. The fourth-order valence-electron chi connectivity index (χ4n) is 1.49. The topological polar surface area (TPSA) is 133 Å². The van der Waals surface area contributed by atoms with Crippen LogP contribution >= 0.6 is 15.9 Å². The molecule has 1 aromatic carbocycles. The summed E-state index contributed by atoms with van der Waals surface area (Å²) in [6.45, 7) is -0.789. The van der Waals surface area contributed by atoms with Gasteiger partial charge < -0.3 is 22.1 Å². The fourth-order valence-corrected chi connectivity index (χ4v) is 2.01. The van der Waals surface area contributed by atoms with Gasteiger partial charge in [-0.25, -0.2) is 0 Å². The highest BCUT2D eigenvalue weighted by Crippen LogP contribution is 2.18. The third-order valence-corrected chi connectivity index (χ3v) is 2.61. The van der Waals surface area contributed by atoms with Crippen molar-refractivity contribution in [3.8, 4) is 0 Å². The maximum absolute atomic E-state index is 12.2. The van der Waals surface area contributed by atoms with Crippen molar-refractivity contribution in [3.05, 3.63) is 28.2 Å². The Hall–Kier alpha value is -2.09. The monoisotopic (exact) mass is 328 g/mol. The van der Waals surface area contributed by atoms with E-state index in [0.29, 0.717) is 10.2 Å². The van der Waals surface area contributed by atoms with E-state index < -0.39 is 30.8 Å². The first-order chi connectivity index (χ1) is 8.79. The van der Waals surface area contributed by atoms with Crippen LogP contribution in [0.4, 0.5) is 5.69 Å². The molecule has 0 atom stereocenters. The van der Waals surface area contributed by atoms with Crippen LogP contribution in [0.15, 0.2) is 22.7 Å². The van der Waals surface area contributed by atoms with Crippen molar-refractivity contribution in [1.82, 2.24) is 4.90 Å². The zero-order valence-corrected chi connectivity index (χ0v) is 11.5. The van der Waals surface area contributed by atoms with Crippen LogP contribution in [0, 0.1) is 0 Å². The second kappa shape index (κ2) is 6.19. The van der Waals surface area contributed by atoms with Gasteiger partial charge in [0.05, 0.1) is 0 Å². The molecule has 0 saturated carbocycles. The van der Waals surface area contributed by atoms with Crippen molar-refractivity contribution in [2.75, 3.05) is 18.8 Å². The predicted octanol–water partition coefficient (Wildman–Crippen LogP) is -0.556. The second-order valence-corrected chi connectivity index (χ2v) is 4.78. The molecule has 0 bridgehead atoms. The van der Waals surface area contributed by atoms with Crippen LogP contribution in [0.3, 0.4) is 0 Å². The van der Waals surface area contributed by atoms with Gasteiger partial charge in [-0.05, 0) is 18.2 Å². The van der Waals surface area contributed by atoms with Gasteiger partial charge in [-0.1, -0.05) is 15.9 Å². The van der Waals surface area contributed by atoms with E-state index in [0.717, 1.165) is 4.90 Å². The van der Waals surface area contributed by atoms with E-state index in [2.05, 4.69) is 15.9 Å². The number of amides is 3. The van der Waals surface area contributed by atoms with E-state index in [9.17, 15) is 14.4 Å².